The molecule has 24 heavy (non-hydrogen) atoms. The summed E-state index contributed by atoms with van der Waals surface area (Å²) in [6, 6.07) is 5.41. The molecule has 0 saturated carbocycles. The van der Waals surface area contributed by atoms with E-state index in [-0.39, 0.29) is 27.9 Å². The van der Waals surface area contributed by atoms with Crippen LogP contribution in [0.3, 0.4) is 0 Å². The van der Waals surface area contributed by atoms with Gasteiger partial charge in [-0.05, 0) is 18.2 Å². The minimum Gasteiger partial charge on any atom is -0.507 e. The van der Waals surface area contributed by atoms with Crippen LogP contribution < -0.4 is 22.1 Å². The molecule has 0 atom stereocenters. The molecule has 2 aromatic rings. The predicted octanol–water partition coefficient (Wildman–Crippen LogP) is 0.137. The van der Waals surface area contributed by atoms with E-state index in [0.717, 1.165) is 6.07 Å². The van der Waals surface area contributed by atoms with Crippen LogP contribution in [0.4, 0.5) is 10.5 Å². The summed E-state index contributed by atoms with van der Waals surface area (Å²) in [5, 5.41) is 20.5. The number of benzene rings is 2. The zero-order chi connectivity index (χ0) is 17.6. The Labute approximate surface area is 135 Å². The second-order valence-electron chi connectivity index (χ2n) is 5.03. The van der Waals surface area contributed by atoms with Crippen LogP contribution in [-0.2, 0) is 0 Å². The average Bonchev–Trinajstić information content (AvgIpc) is 2.57. The van der Waals surface area contributed by atoms with E-state index in [1.54, 1.807) is 5.43 Å². The molecule has 2 amide bonds. The highest BCUT2D eigenvalue weighted by molar-refractivity contribution is 6.32. The highest BCUT2D eigenvalue weighted by Crippen LogP contribution is 2.40. The molecule has 0 aliphatic heterocycles. The molecule has 0 unspecified atom stereocenters. The van der Waals surface area contributed by atoms with Gasteiger partial charge in [0, 0.05) is 5.56 Å². The fourth-order valence-corrected chi connectivity index (χ4v) is 2.65. The summed E-state index contributed by atoms with van der Waals surface area (Å²) in [6.45, 7) is 0. The van der Waals surface area contributed by atoms with Crippen LogP contribution in [0.5, 0.6) is 11.5 Å². The molecule has 9 nitrogen and oxygen atoms in total. The summed E-state index contributed by atoms with van der Waals surface area (Å²) in [4.78, 5) is 37.1. The first-order valence-corrected chi connectivity index (χ1v) is 6.71. The third kappa shape index (κ3) is 2.00. The van der Waals surface area contributed by atoms with Crippen LogP contribution in [0, 0.1) is 0 Å². The number of phenolic OH excluding ortho intramolecular Hbond substituents is 2. The molecule has 0 heterocycles. The Balaban J connectivity index is 2.33. The number of amides is 2. The summed E-state index contributed by atoms with van der Waals surface area (Å²) >= 11 is 0. The Hall–Kier alpha value is -3.43. The molecule has 1 aliphatic carbocycles. The Morgan fingerprint density at radius 3 is 2.29 bits per heavy atom. The van der Waals surface area contributed by atoms with Crippen LogP contribution in [-0.4, -0.2) is 27.8 Å². The second-order valence-corrected chi connectivity index (χ2v) is 5.03. The smallest absolute Gasteiger partial charge is 0.350 e. The maximum atomic E-state index is 12.8. The fourth-order valence-electron chi connectivity index (χ4n) is 2.65. The maximum absolute atomic E-state index is 12.8. The van der Waals surface area contributed by atoms with Crippen molar-refractivity contribution in [3.8, 4) is 11.5 Å². The van der Waals surface area contributed by atoms with E-state index in [2.05, 4.69) is 0 Å². The number of hydrazine groups is 2. The van der Waals surface area contributed by atoms with Crippen molar-refractivity contribution >= 4 is 23.3 Å². The van der Waals surface area contributed by atoms with Crippen LogP contribution in [0.15, 0.2) is 30.3 Å². The van der Waals surface area contributed by atoms with E-state index in [9.17, 15) is 24.6 Å². The van der Waals surface area contributed by atoms with Crippen LogP contribution in [0.25, 0.3) is 0 Å². The second kappa shape index (κ2) is 5.33. The Morgan fingerprint density at radius 1 is 0.958 bits per heavy atom. The number of carbonyl (C=O) groups is 3. The molecular weight excluding hydrogens is 316 g/mol. The lowest BCUT2D eigenvalue weighted by atomic mass is 9.82. The number of nitrogens with one attached hydrogen (secondary N) is 1. The van der Waals surface area contributed by atoms with Gasteiger partial charge >= 0.3 is 6.03 Å². The first-order chi connectivity index (χ1) is 11.4. The van der Waals surface area contributed by atoms with Gasteiger partial charge in [-0.1, -0.05) is 12.1 Å². The third-order valence-electron chi connectivity index (χ3n) is 3.73. The van der Waals surface area contributed by atoms with E-state index >= 15 is 0 Å². The molecule has 0 fully saturated rings. The first kappa shape index (κ1) is 15.5. The van der Waals surface area contributed by atoms with Gasteiger partial charge in [0.25, 0.3) is 0 Å². The topological polar surface area (TPSA) is 159 Å². The van der Waals surface area contributed by atoms with Crippen LogP contribution >= 0.6 is 0 Å². The summed E-state index contributed by atoms with van der Waals surface area (Å²) < 4.78 is 0. The number of carbonyl (C=O) groups excluding carboxylic acids is 3. The SMILES string of the molecule is NNC(=O)N(N)c1ccc(O)c2c1C(=O)c1c(O)cccc1C2=O. The molecular formula is C15H12N4O5. The summed E-state index contributed by atoms with van der Waals surface area (Å²) in [7, 11) is 0. The van der Waals surface area contributed by atoms with Crippen molar-refractivity contribution in [2.75, 3.05) is 5.01 Å². The Kier molecular flexibility index (Phi) is 3.44. The molecule has 0 radical (unpaired) electrons. The lowest BCUT2D eigenvalue weighted by molar-refractivity contribution is 0.0974. The summed E-state index contributed by atoms with van der Waals surface area (Å²) in [5.41, 5.74) is 0.799. The number of urea groups is 1. The number of hydrogen-bond donors (Lipinski definition) is 5. The third-order valence-corrected chi connectivity index (χ3v) is 3.73. The quantitative estimate of drug-likeness (QED) is 0.241. The van der Waals surface area contributed by atoms with E-state index < -0.39 is 29.1 Å². The number of aromatic hydroxyl groups is 2. The number of anilines is 1. The largest absolute Gasteiger partial charge is 0.507 e. The molecule has 1 aliphatic rings. The predicted molar refractivity (Wildman–Crippen MR) is 82.5 cm³/mol. The minimum absolute atomic E-state index is 0.0493. The van der Waals surface area contributed by atoms with Gasteiger partial charge in [-0.2, -0.15) is 0 Å². The van der Waals surface area contributed by atoms with Gasteiger partial charge in [-0.15, -0.1) is 0 Å². The van der Waals surface area contributed by atoms with E-state index in [4.69, 9.17) is 11.7 Å². The molecule has 9 heteroatoms. The van der Waals surface area contributed by atoms with Crippen LogP contribution in [0.1, 0.15) is 31.8 Å². The van der Waals surface area contributed by atoms with Gasteiger partial charge in [-0.3, -0.25) is 15.0 Å². The standard InChI is InChI=1S/C15H12N4O5/c16-18-15(24)19(17)7-4-5-9(21)12-11(7)14(23)10-6(13(12)22)2-1-3-8(10)20/h1-5,20-21H,16-17H2,(H,18,24). The van der Waals surface area contributed by atoms with E-state index in [1.165, 1.54) is 24.3 Å². The number of rotatable bonds is 1. The number of hydrogen-bond acceptors (Lipinski definition) is 7. The van der Waals surface area contributed by atoms with Crippen molar-refractivity contribution in [1.29, 1.82) is 0 Å². The zero-order valence-corrected chi connectivity index (χ0v) is 12.1. The monoisotopic (exact) mass is 328 g/mol. The van der Waals surface area contributed by atoms with Crippen molar-refractivity contribution in [1.82, 2.24) is 5.43 Å². The Morgan fingerprint density at radius 2 is 1.62 bits per heavy atom. The normalized spacial score (nSPS) is 12.4. The van der Waals surface area contributed by atoms with E-state index in [1.807, 2.05) is 0 Å². The van der Waals surface area contributed by atoms with Gasteiger partial charge in [0.1, 0.15) is 11.5 Å². The summed E-state index contributed by atoms with van der Waals surface area (Å²) in [5.74, 6) is 8.39. The molecule has 0 bridgehead atoms. The molecule has 0 aromatic heterocycles. The molecule has 0 saturated heterocycles. The van der Waals surface area contributed by atoms with Gasteiger partial charge in [0.15, 0.2) is 5.78 Å². The van der Waals surface area contributed by atoms with Crippen molar-refractivity contribution < 1.29 is 24.6 Å². The number of nitrogens with zero attached hydrogens (tertiary/aromatic N) is 1. The van der Waals surface area contributed by atoms with Crippen molar-refractivity contribution in [3.63, 3.8) is 0 Å². The maximum Gasteiger partial charge on any atom is 0.350 e. The summed E-state index contributed by atoms with van der Waals surface area (Å²) in [6.07, 6.45) is 0. The van der Waals surface area contributed by atoms with Crippen molar-refractivity contribution in [3.05, 3.63) is 52.6 Å². The minimum atomic E-state index is -0.939. The highest BCUT2D eigenvalue weighted by Gasteiger charge is 2.37. The fraction of sp³-hybridized carbons (Fsp3) is 0. The lowest BCUT2D eigenvalue weighted by Gasteiger charge is -2.25. The molecule has 7 N–H and O–H groups in total. The number of nitrogens with two attached hydrogens (primary N) is 2. The molecule has 122 valence electrons. The molecule has 2 aromatic carbocycles. The van der Waals surface area contributed by atoms with Gasteiger partial charge < -0.3 is 10.2 Å². The van der Waals surface area contributed by atoms with Gasteiger partial charge in [0.2, 0.25) is 5.78 Å². The lowest BCUT2D eigenvalue weighted by Crippen LogP contribution is -2.48. The first-order valence-electron chi connectivity index (χ1n) is 6.71. The molecule has 0 spiro atoms. The van der Waals surface area contributed by atoms with E-state index in [0.29, 0.717) is 5.01 Å². The molecule has 3 rings (SSSR count). The number of ketones is 2. The van der Waals surface area contributed by atoms with Crippen molar-refractivity contribution in [2.45, 2.75) is 0 Å². The number of fused-ring (bicyclic) bond motifs is 2. The van der Waals surface area contributed by atoms with Crippen molar-refractivity contribution in [2.24, 2.45) is 11.7 Å². The number of phenols is 2. The zero-order valence-electron chi connectivity index (χ0n) is 12.1. The Bertz CT molecular complexity index is 909. The van der Waals surface area contributed by atoms with Crippen LogP contribution in [0.2, 0.25) is 0 Å². The van der Waals surface area contributed by atoms with Gasteiger partial charge in [0.05, 0.1) is 22.4 Å². The van der Waals surface area contributed by atoms with Gasteiger partial charge in [-0.25, -0.2) is 21.5 Å². The highest BCUT2D eigenvalue weighted by atomic mass is 16.3. The average molecular weight is 328 g/mol.